The van der Waals surface area contributed by atoms with Gasteiger partial charge in [-0.1, -0.05) is 18.2 Å². The smallest absolute Gasteiger partial charge is 0.357 e. The van der Waals surface area contributed by atoms with Crippen LogP contribution in [0.15, 0.2) is 29.1 Å². The molecule has 1 aliphatic carbocycles. The Balaban J connectivity index is 2.05. The predicted octanol–water partition coefficient (Wildman–Crippen LogP) is 0.373. The van der Waals surface area contributed by atoms with E-state index in [9.17, 15) is 19.5 Å². The van der Waals surface area contributed by atoms with Crippen LogP contribution in [0.25, 0.3) is 10.8 Å². The highest BCUT2D eigenvalue weighted by molar-refractivity contribution is 6.01. The van der Waals surface area contributed by atoms with Crippen LogP contribution in [-0.2, 0) is 11.3 Å². The van der Waals surface area contributed by atoms with Crippen molar-refractivity contribution < 1.29 is 14.7 Å². The van der Waals surface area contributed by atoms with Crippen LogP contribution < -0.4 is 10.9 Å². The first-order chi connectivity index (χ1) is 10.1. The van der Waals surface area contributed by atoms with E-state index in [-0.39, 0.29) is 35.0 Å². The summed E-state index contributed by atoms with van der Waals surface area (Å²) in [7, 11) is 0. The van der Waals surface area contributed by atoms with Crippen molar-refractivity contribution in [1.29, 1.82) is 0 Å². The van der Waals surface area contributed by atoms with Gasteiger partial charge in [-0.05, 0) is 18.9 Å². The zero-order valence-electron chi connectivity index (χ0n) is 11.1. The zero-order valence-corrected chi connectivity index (χ0v) is 11.1. The first kappa shape index (κ1) is 13.3. The minimum Gasteiger partial charge on any atom is -0.476 e. The van der Waals surface area contributed by atoms with Gasteiger partial charge in [0, 0.05) is 11.4 Å². The highest BCUT2D eigenvalue weighted by atomic mass is 16.4. The monoisotopic (exact) mass is 287 g/mol. The normalized spacial score (nSPS) is 14.1. The van der Waals surface area contributed by atoms with Gasteiger partial charge in [-0.25, -0.2) is 9.48 Å². The van der Waals surface area contributed by atoms with Crippen LogP contribution in [0.1, 0.15) is 23.3 Å². The Morgan fingerprint density at radius 2 is 1.95 bits per heavy atom. The largest absolute Gasteiger partial charge is 0.476 e. The number of amides is 1. The summed E-state index contributed by atoms with van der Waals surface area (Å²) in [6.45, 7) is -0.277. The van der Waals surface area contributed by atoms with E-state index < -0.39 is 11.5 Å². The summed E-state index contributed by atoms with van der Waals surface area (Å²) in [5, 5.41) is 16.3. The van der Waals surface area contributed by atoms with Gasteiger partial charge in [-0.15, -0.1) is 0 Å². The molecule has 21 heavy (non-hydrogen) atoms. The van der Waals surface area contributed by atoms with Gasteiger partial charge in [0.25, 0.3) is 5.56 Å². The molecule has 1 heterocycles. The second-order valence-electron chi connectivity index (χ2n) is 5.00. The number of aromatic nitrogens is 2. The van der Waals surface area contributed by atoms with Gasteiger partial charge in [-0.3, -0.25) is 9.59 Å². The summed E-state index contributed by atoms with van der Waals surface area (Å²) in [5.74, 6) is -1.57. The summed E-state index contributed by atoms with van der Waals surface area (Å²) < 4.78 is 0.906. The van der Waals surface area contributed by atoms with Crippen molar-refractivity contribution in [3.8, 4) is 0 Å². The Kier molecular flexibility index (Phi) is 3.17. The minimum atomic E-state index is -1.23. The van der Waals surface area contributed by atoms with Crippen molar-refractivity contribution in [1.82, 2.24) is 15.1 Å². The van der Waals surface area contributed by atoms with Gasteiger partial charge in [-0.2, -0.15) is 5.10 Å². The molecule has 2 N–H and O–H groups in total. The SMILES string of the molecule is O=C(Cn1nc(C(=O)O)c2ccccc2c1=O)NC1CC1. The van der Waals surface area contributed by atoms with E-state index in [1.165, 1.54) is 12.1 Å². The maximum absolute atomic E-state index is 12.3. The third kappa shape index (κ3) is 2.62. The van der Waals surface area contributed by atoms with Gasteiger partial charge in [0.15, 0.2) is 5.69 Å². The first-order valence-corrected chi connectivity index (χ1v) is 6.59. The first-order valence-electron chi connectivity index (χ1n) is 6.59. The van der Waals surface area contributed by atoms with Crippen LogP contribution in [0.3, 0.4) is 0 Å². The molecule has 0 aliphatic heterocycles. The quantitative estimate of drug-likeness (QED) is 0.846. The number of carbonyl (C=O) groups is 2. The molecule has 0 saturated heterocycles. The number of carboxylic acid groups (broad SMARTS) is 1. The Bertz CT molecular complexity index is 792. The van der Waals surface area contributed by atoms with Crippen molar-refractivity contribution in [2.45, 2.75) is 25.4 Å². The highest BCUT2D eigenvalue weighted by Gasteiger charge is 2.24. The lowest BCUT2D eigenvalue weighted by Crippen LogP contribution is -2.35. The Morgan fingerprint density at radius 1 is 1.29 bits per heavy atom. The van der Waals surface area contributed by atoms with Crippen LogP contribution in [0.2, 0.25) is 0 Å². The number of rotatable bonds is 4. The highest BCUT2D eigenvalue weighted by Crippen LogP contribution is 2.18. The lowest BCUT2D eigenvalue weighted by atomic mass is 10.1. The fourth-order valence-corrected chi connectivity index (χ4v) is 2.14. The number of nitrogens with zero attached hydrogens (tertiary/aromatic N) is 2. The van der Waals surface area contributed by atoms with Crippen LogP contribution in [0.5, 0.6) is 0 Å². The Hall–Kier alpha value is -2.70. The molecule has 1 aliphatic rings. The second kappa shape index (κ2) is 5.01. The summed E-state index contributed by atoms with van der Waals surface area (Å²) in [4.78, 5) is 35.3. The number of fused-ring (bicyclic) bond motifs is 1. The molecule has 3 rings (SSSR count). The van der Waals surface area contributed by atoms with Crippen LogP contribution >= 0.6 is 0 Å². The van der Waals surface area contributed by atoms with Gasteiger partial charge in [0.1, 0.15) is 6.54 Å². The maximum atomic E-state index is 12.3. The van der Waals surface area contributed by atoms with E-state index in [0.717, 1.165) is 17.5 Å². The Morgan fingerprint density at radius 3 is 2.57 bits per heavy atom. The number of benzene rings is 1. The average Bonchev–Trinajstić information content (AvgIpc) is 3.25. The van der Waals surface area contributed by atoms with E-state index in [0.29, 0.717) is 0 Å². The average molecular weight is 287 g/mol. The fourth-order valence-electron chi connectivity index (χ4n) is 2.14. The molecule has 2 aromatic rings. The topological polar surface area (TPSA) is 101 Å². The van der Waals surface area contributed by atoms with Crippen molar-refractivity contribution >= 4 is 22.6 Å². The molecule has 1 aromatic heterocycles. The van der Waals surface area contributed by atoms with E-state index in [1.807, 2.05) is 0 Å². The number of aromatic carboxylic acids is 1. The zero-order chi connectivity index (χ0) is 15.0. The van der Waals surface area contributed by atoms with E-state index in [4.69, 9.17) is 0 Å². The van der Waals surface area contributed by atoms with Gasteiger partial charge >= 0.3 is 5.97 Å². The van der Waals surface area contributed by atoms with Crippen molar-refractivity contribution in [2.75, 3.05) is 0 Å². The third-order valence-electron chi connectivity index (χ3n) is 3.31. The summed E-state index contributed by atoms with van der Waals surface area (Å²) >= 11 is 0. The molecule has 7 heteroatoms. The molecule has 7 nitrogen and oxygen atoms in total. The van der Waals surface area contributed by atoms with Gasteiger partial charge < -0.3 is 10.4 Å². The van der Waals surface area contributed by atoms with Crippen molar-refractivity contribution in [3.05, 3.63) is 40.3 Å². The summed E-state index contributed by atoms with van der Waals surface area (Å²) in [6.07, 6.45) is 1.87. The van der Waals surface area contributed by atoms with E-state index in [1.54, 1.807) is 12.1 Å². The molecule has 1 fully saturated rings. The van der Waals surface area contributed by atoms with Crippen LogP contribution in [-0.4, -0.2) is 32.8 Å². The van der Waals surface area contributed by atoms with Gasteiger partial charge in [0.2, 0.25) is 5.91 Å². The molecular weight excluding hydrogens is 274 g/mol. The lowest BCUT2D eigenvalue weighted by Gasteiger charge is -2.08. The van der Waals surface area contributed by atoms with Crippen molar-refractivity contribution in [2.24, 2.45) is 0 Å². The second-order valence-corrected chi connectivity index (χ2v) is 5.00. The number of nitrogens with one attached hydrogen (secondary N) is 1. The third-order valence-corrected chi connectivity index (χ3v) is 3.31. The molecule has 1 aromatic carbocycles. The minimum absolute atomic E-state index is 0.174. The lowest BCUT2D eigenvalue weighted by molar-refractivity contribution is -0.122. The molecule has 1 amide bonds. The molecule has 0 unspecified atom stereocenters. The summed E-state index contributed by atoms with van der Waals surface area (Å²) in [5.41, 5.74) is -0.703. The van der Waals surface area contributed by atoms with Gasteiger partial charge in [0.05, 0.1) is 5.39 Å². The van der Waals surface area contributed by atoms with E-state index >= 15 is 0 Å². The summed E-state index contributed by atoms with van der Waals surface area (Å²) in [6, 6.07) is 6.51. The molecule has 0 radical (unpaired) electrons. The number of hydrogen-bond acceptors (Lipinski definition) is 4. The van der Waals surface area contributed by atoms with Crippen LogP contribution in [0.4, 0.5) is 0 Å². The molecule has 108 valence electrons. The predicted molar refractivity (Wildman–Crippen MR) is 74.1 cm³/mol. The maximum Gasteiger partial charge on any atom is 0.357 e. The fraction of sp³-hybridized carbons (Fsp3) is 0.286. The Labute approximate surface area is 119 Å². The number of carbonyl (C=O) groups excluding carboxylic acids is 1. The molecular formula is C14H13N3O4. The van der Waals surface area contributed by atoms with E-state index in [2.05, 4.69) is 10.4 Å². The number of carboxylic acids is 1. The molecule has 0 spiro atoms. The standard InChI is InChI=1S/C14H13N3O4/c18-11(15-8-5-6-8)7-17-13(19)10-4-2-1-3-9(10)12(16-17)14(20)21/h1-4,8H,5-7H2,(H,15,18)(H,20,21). The molecule has 0 atom stereocenters. The molecule has 0 bridgehead atoms. The molecule has 1 saturated carbocycles. The number of hydrogen-bond donors (Lipinski definition) is 2. The van der Waals surface area contributed by atoms with Crippen LogP contribution in [0, 0.1) is 0 Å². The van der Waals surface area contributed by atoms with Crippen molar-refractivity contribution in [3.63, 3.8) is 0 Å².